The van der Waals surface area contributed by atoms with Gasteiger partial charge in [0.2, 0.25) is 0 Å². The molecule has 0 aromatic heterocycles. The number of carbonyl (C=O) groups is 1. The average molecular weight is 286 g/mol. The van der Waals surface area contributed by atoms with Crippen molar-refractivity contribution in [1.82, 2.24) is 0 Å². The number of benzene rings is 2. The molecule has 0 bridgehead atoms. The normalized spacial score (nSPS) is 10.0. The fraction of sp³-hybridized carbons (Fsp3) is 0.188. The summed E-state index contributed by atoms with van der Waals surface area (Å²) in [6.07, 6.45) is 0. The van der Waals surface area contributed by atoms with Crippen LogP contribution in [0.3, 0.4) is 0 Å². The number of ether oxygens (including phenoxy) is 2. The molecule has 5 heteroatoms. The van der Waals surface area contributed by atoms with Gasteiger partial charge in [-0.3, -0.25) is 4.79 Å². The van der Waals surface area contributed by atoms with Crippen molar-refractivity contribution in [2.24, 2.45) is 0 Å². The fourth-order valence-electron chi connectivity index (χ4n) is 2.07. The number of aryl methyl sites for hydroxylation is 1. The Labute approximate surface area is 123 Å². The second-order valence-corrected chi connectivity index (χ2v) is 4.59. The standard InChI is InChI=1S/C16H18N2O3/c1-10-5-4-6-14(17)15(10)16(19)18-11-7-12(20-2)9-13(8-11)21-3/h4-9H,17H2,1-3H3,(H,18,19). The van der Waals surface area contributed by atoms with Crippen LogP contribution in [0.25, 0.3) is 0 Å². The smallest absolute Gasteiger partial charge is 0.258 e. The van der Waals surface area contributed by atoms with Crippen LogP contribution < -0.4 is 20.5 Å². The molecule has 0 aliphatic carbocycles. The number of methoxy groups -OCH3 is 2. The Morgan fingerprint density at radius 2 is 1.71 bits per heavy atom. The van der Waals surface area contributed by atoms with Crippen LogP contribution in [0.5, 0.6) is 11.5 Å². The molecule has 0 atom stereocenters. The third-order valence-electron chi connectivity index (χ3n) is 3.14. The molecule has 0 unspecified atom stereocenters. The highest BCUT2D eigenvalue weighted by atomic mass is 16.5. The van der Waals surface area contributed by atoms with Crippen molar-refractivity contribution in [3.63, 3.8) is 0 Å². The number of carbonyl (C=O) groups excluding carboxylic acids is 1. The molecular weight excluding hydrogens is 268 g/mol. The molecule has 21 heavy (non-hydrogen) atoms. The van der Waals surface area contributed by atoms with E-state index in [0.29, 0.717) is 28.4 Å². The lowest BCUT2D eigenvalue weighted by molar-refractivity contribution is 0.102. The number of hydrogen-bond acceptors (Lipinski definition) is 4. The van der Waals surface area contributed by atoms with Crippen LogP contribution in [0.15, 0.2) is 36.4 Å². The van der Waals surface area contributed by atoms with Gasteiger partial charge in [0, 0.05) is 29.6 Å². The Bertz CT molecular complexity index is 626. The first kappa shape index (κ1) is 14.7. The summed E-state index contributed by atoms with van der Waals surface area (Å²) in [5.74, 6) is 0.936. The van der Waals surface area contributed by atoms with E-state index in [9.17, 15) is 4.79 Å². The monoisotopic (exact) mass is 286 g/mol. The van der Waals surface area contributed by atoms with Gasteiger partial charge in [0.05, 0.1) is 19.8 Å². The minimum absolute atomic E-state index is 0.263. The number of rotatable bonds is 4. The number of amides is 1. The van der Waals surface area contributed by atoms with Gasteiger partial charge in [0.15, 0.2) is 0 Å². The SMILES string of the molecule is COc1cc(NC(=O)c2c(C)cccc2N)cc(OC)c1. The van der Waals surface area contributed by atoms with Crippen molar-refractivity contribution in [1.29, 1.82) is 0 Å². The molecule has 2 rings (SSSR count). The van der Waals surface area contributed by atoms with Crippen LogP contribution in [0, 0.1) is 6.92 Å². The molecule has 0 radical (unpaired) electrons. The van der Waals surface area contributed by atoms with Gasteiger partial charge in [-0.15, -0.1) is 0 Å². The van der Waals surface area contributed by atoms with E-state index in [1.54, 1.807) is 38.5 Å². The molecule has 2 aromatic carbocycles. The summed E-state index contributed by atoms with van der Waals surface area (Å²) in [6.45, 7) is 1.84. The van der Waals surface area contributed by atoms with Gasteiger partial charge in [-0.25, -0.2) is 0 Å². The van der Waals surface area contributed by atoms with Crippen molar-refractivity contribution >= 4 is 17.3 Å². The zero-order valence-electron chi connectivity index (χ0n) is 12.3. The average Bonchev–Trinajstić information content (AvgIpc) is 2.46. The van der Waals surface area contributed by atoms with E-state index in [0.717, 1.165) is 5.56 Å². The minimum Gasteiger partial charge on any atom is -0.497 e. The molecule has 5 nitrogen and oxygen atoms in total. The first-order chi connectivity index (χ1) is 10.0. The second-order valence-electron chi connectivity index (χ2n) is 4.59. The van der Waals surface area contributed by atoms with Crippen LogP contribution in [0.1, 0.15) is 15.9 Å². The topological polar surface area (TPSA) is 73.6 Å². The Kier molecular flexibility index (Phi) is 4.33. The zero-order valence-corrected chi connectivity index (χ0v) is 12.3. The van der Waals surface area contributed by atoms with Gasteiger partial charge in [-0.2, -0.15) is 0 Å². The van der Waals surface area contributed by atoms with Gasteiger partial charge in [-0.1, -0.05) is 12.1 Å². The van der Waals surface area contributed by atoms with E-state index in [4.69, 9.17) is 15.2 Å². The Hall–Kier alpha value is -2.69. The van der Waals surface area contributed by atoms with E-state index in [1.165, 1.54) is 0 Å². The lowest BCUT2D eigenvalue weighted by Crippen LogP contribution is -2.15. The van der Waals surface area contributed by atoms with Crippen LogP contribution in [0.4, 0.5) is 11.4 Å². The molecule has 0 saturated heterocycles. The summed E-state index contributed by atoms with van der Waals surface area (Å²) in [5, 5.41) is 2.81. The maximum Gasteiger partial charge on any atom is 0.258 e. The largest absolute Gasteiger partial charge is 0.497 e. The van der Waals surface area contributed by atoms with Gasteiger partial charge < -0.3 is 20.5 Å². The number of anilines is 2. The van der Waals surface area contributed by atoms with Gasteiger partial charge in [0.1, 0.15) is 11.5 Å². The summed E-state index contributed by atoms with van der Waals surface area (Å²) in [5.41, 5.74) is 8.20. The lowest BCUT2D eigenvalue weighted by Gasteiger charge is -2.12. The summed E-state index contributed by atoms with van der Waals surface area (Å²) in [7, 11) is 3.11. The molecule has 0 aliphatic rings. The molecule has 1 amide bonds. The summed E-state index contributed by atoms with van der Waals surface area (Å²) < 4.78 is 10.4. The third-order valence-corrected chi connectivity index (χ3v) is 3.14. The van der Waals surface area contributed by atoms with Crippen molar-refractivity contribution in [2.75, 3.05) is 25.3 Å². The third kappa shape index (κ3) is 3.25. The number of nitrogens with two attached hydrogens (primary N) is 1. The summed E-state index contributed by atoms with van der Waals surface area (Å²) >= 11 is 0. The van der Waals surface area contributed by atoms with Crippen molar-refractivity contribution in [3.05, 3.63) is 47.5 Å². The molecule has 0 aliphatic heterocycles. The molecule has 2 aromatic rings. The molecule has 0 saturated carbocycles. The molecule has 3 N–H and O–H groups in total. The maximum absolute atomic E-state index is 12.4. The molecule has 0 heterocycles. The molecular formula is C16H18N2O3. The fourth-order valence-corrected chi connectivity index (χ4v) is 2.07. The van der Waals surface area contributed by atoms with E-state index >= 15 is 0 Å². The highest BCUT2D eigenvalue weighted by molar-refractivity contribution is 6.08. The number of nitrogens with one attached hydrogen (secondary N) is 1. The van der Waals surface area contributed by atoms with Crippen molar-refractivity contribution < 1.29 is 14.3 Å². The van der Waals surface area contributed by atoms with Crippen LogP contribution in [0.2, 0.25) is 0 Å². The van der Waals surface area contributed by atoms with Gasteiger partial charge in [0.25, 0.3) is 5.91 Å². The van der Waals surface area contributed by atoms with E-state index in [-0.39, 0.29) is 5.91 Å². The first-order valence-corrected chi connectivity index (χ1v) is 6.44. The molecule has 0 fully saturated rings. The maximum atomic E-state index is 12.4. The second kappa shape index (κ2) is 6.17. The van der Waals surface area contributed by atoms with E-state index in [2.05, 4.69) is 5.32 Å². The van der Waals surface area contributed by atoms with E-state index in [1.807, 2.05) is 19.1 Å². The predicted molar refractivity (Wildman–Crippen MR) is 83.1 cm³/mol. The van der Waals surface area contributed by atoms with Crippen LogP contribution in [-0.4, -0.2) is 20.1 Å². The molecule has 110 valence electrons. The Morgan fingerprint density at radius 3 is 2.24 bits per heavy atom. The predicted octanol–water partition coefficient (Wildman–Crippen LogP) is 2.85. The Balaban J connectivity index is 2.31. The summed E-state index contributed by atoms with van der Waals surface area (Å²) in [4.78, 5) is 12.4. The first-order valence-electron chi connectivity index (χ1n) is 6.44. The minimum atomic E-state index is -0.263. The highest BCUT2D eigenvalue weighted by Gasteiger charge is 2.13. The zero-order chi connectivity index (χ0) is 15.4. The van der Waals surface area contributed by atoms with Crippen molar-refractivity contribution in [3.8, 4) is 11.5 Å². The summed E-state index contributed by atoms with van der Waals surface area (Å²) in [6, 6.07) is 10.5. The highest BCUT2D eigenvalue weighted by Crippen LogP contribution is 2.27. The number of hydrogen-bond donors (Lipinski definition) is 2. The quantitative estimate of drug-likeness (QED) is 0.848. The van der Waals surface area contributed by atoms with Crippen LogP contribution in [-0.2, 0) is 0 Å². The van der Waals surface area contributed by atoms with Crippen LogP contribution >= 0.6 is 0 Å². The molecule has 0 spiro atoms. The van der Waals surface area contributed by atoms with Gasteiger partial charge in [-0.05, 0) is 18.6 Å². The number of nitrogen functional groups attached to an aromatic ring is 1. The van der Waals surface area contributed by atoms with E-state index < -0.39 is 0 Å². The lowest BCUT2D eigenvalue weighted by atomic mass is 10.1. The Morgan fingerprint density at radius 1 is 1.10 bits per heavy atom. The van der Waals surface area contributed by atoms with Crippen molar-refractivity contribution in [2.45, 2.75) is 6.92 Å². The van der Waals surface area contributed by atoms with Gasteiger partial charge >= 0.3 is 0 Å².